The third-order valence-electron chi connectivity index (χ3n) is 5.00. The van der Waals surface area contributed by atoms with Crippen molar-refractivity contribution in [1.82, 2.24) is 9.99 Å². The van der Waals surface area contributed by atoms with Crippen LogP contribution < -0.4 is 15.0 Å². The number of amides is 3. The van der Waals surface area contributed by atoms with Crippen LogP contribution in [0.15, 0.2) is 59.8 Å². The van der Waals surface area contributed by atoms with E-state index >= 15 is 0 Å². The SMILES string of the molecule is C#Cc1ccc(N(C(=O)Nc2ccc(C=NN(C)CC)cc2F)C(=O)c2cc(Cl)cc(OC)c2)nc1. The molecule has 0 saturated carbocycles. The summed E-state index contributed by atoms with van der Waals surface area (Å²) >= 11 is 6.11. The number of methoxy groups -OCH3 is 1. The lowest BCUT2D eigenvalue weighted by Gasteiger charge is -2.21. The van der Waals surface area contributed by atoms with Crippen molar-refractivity contribution in [2.75, 3.05) is 30.9 Å². The van der Waals surface area contributed by atoms with Crippen molar-refractivity contribution >= 4 is 41.3 Å². The number of pyridine rings is 1. The van der Waals surface area contributed by atoms with Crippen LogP contribution in [0.3, 0.4) is 0 Å². The van der Waals surface area contributed by atoms with Crippen molar-refractivity contribution in [2.45, 2.75) is 6.92 Å². The number of nitrogens with one attached hydrogen (secondary N) is 1. The van der Waals surface area contributed by atoms with E-state index in [1.165, 1.54) is 62.0 Å². The Balaban J connectivity index is 1.95. The maximum Gasteiger partial charge on any atom is 0.334 e. The molecule has 0 saturated heterocycles. The second kappa shape index (κ2) is 11.8. The molecule has 3 rings (SSSR count). The predicted octanol–water partition coefficient (Wildman–Crippen LogP) is 5.03. The Morgan fingerprint density at radius 1 is 1.25 bits per heavy atom. The molecular formula is C26H23ClFN5O3. The van der Waals surface area contributed by atoms with E-state index in [-0.39, 0.29) is 22.1 Å². The van der Waals surface area contributed by atoms with Crippen LogP contribution in [-0.2, 0) is 0 Å². The smallest absolute Gasteiger partial charge is 0.334 e. The Kier molecular flexibility index (Phi) is 8.60. The zero-order valence-electron chi connectivity index (χ0n) is 19.8. The number of hydrazone groups is 1. The van der Waals surface area contributed by atoms with Crippen LogP contribution in [0, 0.1) is 18.2 Å². The van der Waals surface area contributed by atoms with Gasteiger partial charge in [-0.05, 0) is 55.0 Å². The maximum atomic E-state index is 14.8. The standard InChI is InChI=1S/C26H23ClFN5O3/c1-5-17-8-10-24(29-15-17)33(25(34)19-12-20(27)14-21(13-19)36-4)26(35)31-23-9-7-18(11-22(23)28)16-30-32(3)6-2/h1,7-16H,6H2,2-4H3,(H,31,35). The van der Waals surface area contributed by atoms with Gasteiger partial charge >= 0.3 is 6.03 Å². The minimum Gasteiger partial charge on any atom is -0.497 e. The summed E-state index contributed by atoms with van der Waals surface area (Å²) in [5.74, 6) is 1.24. The van der Waals surface area contributed by atoms with E-state index in [0.717, 1.165) is 4.90 Å². The first-order valence-corrected chi connectivity index (χ1v) is 11.1. The highest BCUT2D eigenvalue weighted by Gasteiger charge is 2.27. The molecule has 1 N–H and O–H groups in total. The maximum absolute atomic E-state index is 14.8. The van der Waals surface area contributed by atoms with Crippen LogP contribution in [0.25, 0.3) is 0 Å². The van der Waals surface area contributed by atoms with Crippen LogP contribution in [0.1, 0.15) is 28.4 Å². The van der Waals surface area contributed by atoms with Gasteiger partial charge in [-0.25, -0.2) is 19.1 Å². The molecule has 0 spiro atoms. The number of carbonyl (C=O) groups is 2. The van der Waals surface area contributed by atoms with Crippen molar-refractivity contribution in [2.24, 2.45) is 5.10 Å². The normalized spacial score (nSPS) is 10.6. The molecular weight excluding hydrogens is 485 g/mol. The predicted molar refractivity (Wildman–Crippen MR) is 138 cm³/mol. The molecule has 0 bridgehead atoms. The number of urea groups is 1. The van der Waals surface area contributed by atoms with Gasteiger partial charge in [0.05, 0.1) is 19.0 Å². The van der Waals surface area contributed by atoms with E-state index in [4.69, 9.17) is 22.8 Å². The number of rotatable bonds is 7. The fraction of sp³-hybridized carbons (Fsp3) is 0.154. The fourth-order valence-corrected chi connectivity index (χ4v) is 3.19. The third kappa shape index (κ3) is 6.37. The summed E-state index contributed by atoms with van der Waals surface area (Å²) in [5.41, 5.74) is 0.872. The molecule has 0 atom stereocenters. The summed E-state index contributed by atoms with van der Waals surface area (Å²) in [5, 5.41) is 8.50. The van der Waals surface area contributed by atoms with Crippen LogP contribution in [0.5, 0.6) is 5.75 Å². The molecule has 184 valence electrons. The first kappa shape index (κ1) is 26.2. The van der Waals surface area contributed by atoms with Gasteiger partial charge < -0.3 is 15.1 Å². The third-order valence-corrected chi connectivity index (χ3v) is 5.22. The first-order chi connectivity index (χ1) is 17.2. The molecule has 0 unspecified atom stereocenters. The molecule has 3 aromatic rings. The lowest BCUT2D eigenvalue weighted by Crippen LogP contribution is -2.41. The van der Waals surface area contributed by atoms with Crippen molar-refractivity contribution in [3.63, 3.8) is 0 Å². The minimum absolute atomic E-state index is 0.0257. The number of terminal acetylenes is 1. The molecule has 0 radical (unpaired) electrons. The molecule has 2 aromatic carbocycles. The number of halogens is 2. The van der Waals surface area contributed by atoms with Gasteiger partial charge in [-0.1, -0.05) is 23.6 Å². The van der Waals surface area contributed by atoms with Gasteiger partial charge in [-0.3, -0.25) is 4.79 Å². The number of benzene rings is 2. The van der Waals surface area contributed by atoms with Gasteiger partial charge in [-0.15, -0.1) is 6.42 Å². The number of ether oxygens (including phenoxy) is 1. The quantitative estimate of drug-likeness (QED) is 0.275. The van der Waals surface area contributed by atoms with E-state index in [2.05, 4.69) is 21.3 Å². The summed E-state index contributed by atoms with van der Waals surface area (Å²) in [4.78, 5) is 31.6. The van der Waals surface area contributed by atoms with Gasteiger partial charge in [-0.2, -0.15) is 5.10 Å². The van der Waals surface area contributed by atoms with E-state index in [1.54, 1.807) is 18.1 Å². The van der Waals surface area contributed by atoms with E-state index in [0.29, 0.717) is 23.4 Å². The lowest BCUT2D eigenvalue weighted by molar-refractivity contribution is 0.0994. The Labute approximate surface area is 213 Å². The van der Waals surface area contributed by atoms with E-state index in [1.807, 2.05) is 6.92 Å². The van der Waals surface area contributed by atoms with Crippen molar-refractivity contribution in [1.29, 1.82) is 0 Å². The number of aromatic nitrogens is 1. The Morgan fingerprint density at radius 3 is 2.64 bits per heavy atom. The van der Waals surface area contributed by atoms with Crippen LogP contribution >= 0.6 is 11.6 Å². The van der Waals surface area contributed by atoms with Gasteiger partial charge in [0.15, 0.2) is 0 Å². The molecule has 3 amide bonds. The van der Waals surface area contributed by atoms with Crippen LogP contribution in [0.4, 0.5) is 20.7 Å². The number of carbonyl (C=O) groups excluding carboxylic acids is 2. The molecule has 1 heterocycles. The highest BCUT2D eigenvalue weighted by molar-refractivity contribution is 6.31. The molecule has 36 heavy (non-hydrogen) atoms. The summed E-state index contributed by atoms with van der Waals surface area (Å²) < 4.78 is 20.0. The number of hydrogen-bond acceptors (Lipinski definition) is 6. The molecule has 0 aliphatic rings. The molecule has 10 heteroatoms. The fourth-order valence-electron chi connectivity index (χ4n) is 2.97. The average Bonchev–Trinajstić information content (AvgIpc) is 2.88. The van der Waals surface area contributed by atoms with Crippen molar-refractivity contribution in [3.8, 4) is 18.1 Å². The molecule has 8 nitrogen and oxygen atoms in total. The summed E-state index contributed by atoms with van der Waals surface area (Å²) in [6, 6.07) is 10.5. The number of imide groups is 1. The van der Waals surface area contributed by atoms with Crippen molar-refractivity contribution in [3.05, 3.63) is 82.3 Å². The Bertz CT molecular complexity index is 1340. The van der Waals surface area contributed by atoms with E-state index < -0.39 is 17.8 Å². The molecule has 0 aliphatic carbocycles. The van der Waals surface area contributed by atoms with Crippen molar-refractivity contribution < 1.29 is 18.7 Å². The van der Waals surface area contributed by atoms with Gasteiger partial charge in [0.2, 0.25) is 0 Å². The van der Waals surface area contributed by atoms with Crippen LogP contribution in [0.2, 0.25) is 5.02 Å². The minimum atomic E-state index is -0.939. The number of hydrogen-bond donors (Lipinski definition) is 1. The van der Waals surface area contributed by atoms with Gasteiger partial charge in [0.25, 0.3) is 5.91 Å². The first-order valence-electron chi connectivity index (χ1n) is 10.7. The summed E-state index contributed by atoms with van der Waals surface area (Å²) in [6.45, 7) is 2.61. The topological polar surface area (TPSA) is 87.1 Å². The Morgan fingerprint density at radius 2 is 2.03 bits per heavy atom. The second-order valence-corrected chi connectivity index (χ2v) is 7.89. The average molecular weight is 508 g/mol. The van der Waals surface area contributed by atoms with Crippen LogP contribution in [-0.4, -0.2) is 48.8 Å². The summed E-state index contributed by atoms with van der Waals surface area (Å²) in [7, 11) is 3.20. The highest BCUT2D eigenvalue weighted by atomic mass is 35.5. The monoisotopic (exact) mass is 507 g/mol. The van der Waals surface area contributed by atoms with Gasteiger partial charge in [0.1, 0.15) is 17.4 Å². The number of anilines is 2. The lowest BCUT2D eigenvalue weighted by atomic mass is 10.1. The highest BCUT2D eigenvalue weighted by Crippen LogP contribution is 2.25. The molecule has 1 aromatic heterocycles. The van der Waals surface area contributed by atoms with E-state index in [9.17, 15) is 14.0 Å². The Hall–Kier alpha value is -4.42. The molecule has 0 fully saturated rings. The largest absolute Gasteiger partial charge is 0.497 e. The zero-order chi connectivity index (χ0) is 26.2. The molecule has 0 aliphatic heterocycles. The number of nitrogens with zero attached hydrogens (tertiary/aromatic N) is 4. The second-order valence-electron chi connectivity index (χ2n) is 7.46. The van der Waals surface area contributed by atoms with Gasteiger partial charge in [0, 0.05) is 35.9 Å². The zero-order valence-corrected chi connectivity index (χ0v) is 20.6. The summed E-state index contributed by atoms with van der Waals surface area (Å²) in [6.07, 6.45) is 8.21.